The molecule has 2 aromatic heterocycles. The number of hydrogen-bond donors (Lipinski definition) is 1. The lowest BCUT2D eigenvalue weighted by Crippen LogP contribution is -2.46. The van der Waals surface area contributed by atoms with Crippen molar-refractivity contribution in [3.63, 3.8) is 0 Å². The zero-order valence-corrected chi connectivity index (χ0v) is 31.2. The minimum absolute atomic E-state index is 0.0370. The van der Waals surface area contributed by atoms with Crippen molar-refractivity contribution in [1.29, 1.82) is 5.26 Å². The quantitative estimate of drug-likeness (QED) is 0.162. The number of aromatic nitrogens is 3. The Hall–Kier alpha value is -4.26. The van der Waals surface area contributed by atoms with Gasteiger partial charge in [-0.2, -0.15) is 18.4 Å². The molecule has 0 spiro atoms. The van der Waals surface area contributed by atoms with E-state index in [9.17, 15) is 23.2 Å². The van der Waals surface area contributed by atoms with E-state index in [4.69, 9.17) is 18.6 Å². The second-order valence-electron chi connectivity index (χ2n) is 15.0. The van der Waals surface area contributed by atoms with Crippen LogP contribution in [0.1, 0.15) is 65.3 Å². The van der Waals surface area contributed by atoms with Crippen LogP contribution in [0, 0.1) is 11.3 Å². The SMILES string of the molecule is COCCOc1nc(C(F)(F)F)ccc1Nc1nccc(-c2cc(C#N)c3c(c2)[C@@](C)(CO[Si](C)(C)C(C)(C)C)CN3C(=O)OC(C)(C)C)n1. The molecule has 0 bridgehead atoms. The van der Waals surface area contributed by atoms with E-state index in [2.05, 4.69) is 60.2 Å². The van der Waals surface area contributed by atoms with Crippen LogP contribution in [0.25, 0.3) is 11.3 Å². The zero-order valence-electron chi connectivity index (χ0n) is 30.2. The Morgan fingerprint density at radius 3 is 2.38 bits per heavy atom. The standard InChI is InChI=1S/C35H45F3N6O5Si/c1-32(2,3)49-31(45)44-20-34(7,21-48-50(9,10)33(4,5)6)24-18-22(17-23(19-39)28(24)44)25-13-14-40-30(41-25)42-26-11-12-27(35(36,37)38)43-29(26)47-16-15-46-8/h11-14,17-18H,15-16,20-21H2,1-10H3,(H,40,41,42)/t34-/m1/s1. The number of nitriles is 1. The highest BCUT2D eigenvalue weighted by Gasteiger charge is 2.47. The minimum atomic E-state index is -4.68. The molecule has 1 aliphatic heterocycles. The molecule has 15 heteroatoms. The van der Waals surface area contributed by atoms with Crippen LogP contribution in [0.4, 0.5) is 35.3 Å². The first-order valence-corrected chi connectivity index (χ1v) is 19.0. The van der Waals surface area contributed by atoms with Gasteiger partial charge in [-0.25, -0.2) is 19.7 Å². The second-order valence-corrected chi connectivity index (χ2v) is 19.8. The third kappa shape index (κ3) is 8.72. The summed E-state index contributed by atoms with van der Waals surface area (Å²) < 4.78 is 63.2. The number of anilines is 3. The summed E-state index contributed by atoms with van der Waals surface area (Å²) in [4.78, 5) is 27.6. The Kier molecular flexibility index (Phi) is 10.9. The van der Waals surface area contributed by atoms with Gasteiger partial charge in [0.05, 0.1) is 23.6 Å². The van der Waals surface area contributed by atoms with Gasteiger partial charge in [0.2, 0.25) is 11.8 Å². The van der Waals surface area contributed by atoms with E-state index < -0.39 is 37.3 Å². The van der Waals surface area contributed by atoms with Gasteiger partial charge >= 0.3 is 12.3 Å². The molecule has 4 rings (SSSR count). The number of benzene rings is 1. The average molecular weight is 715 g/mol. The Bertz CT molecular complexity index is 1770. The number of fused-ring (bicyclic) bond motifs is 1. The molecule has 3 heterocycles. The molecule has 0 unspecified atom stereocenters. The number of nitrogens with one attached hydrogen (secondary N) is 1. The second kappa shape index (κ2) is 14.2. The maximum Gasteiger partial charge on any atom is 0.433 e. The Morgan fingerprint density at radius 2 is 1.78 bits per heavy atom. The lowest BCUT2D eigenvalue weighted by molar-refractivity contribution is -0.141. The van der Waals surface area contributed by atoms with Crippen LogP contribution >= 0.6 is 0 Å². The molecule has 0 saturated carbocycles. The van der Waals surface area contributed by atoms with Crippen molar-refractivity contribution in [2.24, 2.45) is 0 Å². The summed E-state index contributed by atoms with van der Waals surface area (Å²) in [7, 11) is -0.774. The summed E-state index contributed by atoms with van der Waals surface area (Å²) >= 11 is 0. The first-order valence-electron chi connectivity index (χ1n) is 16.1. The van der Waals surface area contributed by atoms with E-state index in [0.29, 0.717) is 23.6 Å². The number of pyridine rings is 1. The van der Waals surface area contributed by atoms with E-state index in [1.165, 1.54) is 24.3 Å². The maximum absolute atomic E-state index is 13.5. The van der Waals surface area contributed by atoms with Gasteiger partial charge < -0.3 is 24.0 Å². The van der Waals surface area contributed by atoms with Gasteiger partial charge in [0.1, 0.15) is 29.7 Å². The lowest BCUT2D eigenvalue weighted by atomic mass is 9.83. The van der Waals surface area contributed by atoms with Crippen LogP contribution in [0.2, 0.25) is 18.1 Å². The summed E-state index contributed by atoms with van der Waals surface area (Å²) in [6.07, 6.45) is -3.76. The van der Waals surface area contributed by atoms with Gasteiger partial charge in [-0.15, -0.1) is 0 Å². The molecule has 0 aliphatic carbocycles. The number of rotatable bonds is 10. The number of carbonyl (C=O) groups is 1. The fraction of sp³-hybridized carbons (Fsp3) is 0.514. The predicted molar refractivity (Wildman–Crippen MR) is 186 cm³/mol. The third-order valence-corrected chi connectivity index (χ3v) is 13.2. The van der Waals surface area contributed by atoms with Crippen molar-refractivity contribution in [3.8, 4) is 23.2 Å². The van der Waals surface area contributed by atoms with Crippen LogP contribution in [0.3, 0.4) is 0 Å². The Morgan fingerprint density at radius 1 is 1.08 bits per heavy atom. The van der Waals surface area contributed by atoms with Crippen molar-refractivity contribution < 1.29 is 36.6 Å². The fourth-order valence-corrected chi connectivity index (χ4v) is 6.12. The smallest absolute Gasteiger partial charge is 0.433 e. The molecular weight excluding hydrogens is 670 g/mol. The van der Waals surface area contributed by atoms with Gasteiger partial charge in [0.25, 0.3) is 0 Å². The summed E-state index contributed by atoms with van der Waals surface area (Å²) in [5.74, 6) is -0.242. The van der Waals surface area contributed by atoms with Gasteiger partial charge in [0, 0.05) is 37.4 Å². The third-order valence-electron chi connectivity index (χ3n) is 8.70. The first kappa shape index (κ1) is 38.5. The highest BCUT2D eigenvalue weighted by atomic mass is 28.4. The van der Waals surface area contributed by atoms with E-state index >= 15 is 0 Å². The van der Waals surface area contributed by atoms with Gasteiger partial charge in [-0.05, 0) is 74.8 Å². The highest BCUT2D eigenvalue weighted by Crippen LogP contribution is 2.47. The molecule has 270 valence electrons. The van der Waals surface area contributed by atoms with Crippen LogP contribution in [-0.2, 0) is 25.5 Å². The summed E-state index contributed by atoms with van der Waals surface area (Å²) in [6.45, 7) is 18.8. The highest BCUT2D eigenvalue weighted by molar-refractivity contribution is 6.74. The van der Waals surface area contributed by atoms with Crippen LogP contribution < -0.4 is 15.0 Å². The van der Waals surface area contributed by atoms with E-state index in [-0.39, 0.29) is 47.9 Å². The molecular formula is C35H45F3N6O5Si. The summed E-state index contributed by atoms with van der Waals surface area (Å²) in [6, 6.07) is 9.46. The number of halogens is 3. The van der Waals surface area contributed by atoms with Gasteiger partial charge in [0.15, 0.2) is 8.32 Å². The molecule has 1 N–H and O–H groups in total. The molecule has 1 aromatic carbocycles. The Labute approximate surface area is 292 Å². The monoisotopic (exact) mass is 714 g/mol. The van der Waals surface area contributed by atoms with Crippen molar-refractivity contribution in [2.45, 2.75) is 83.8 Å². The Balaban J connectivity index is 1.78. The number of carbonyl (C=O) groups excluding carboxylic acids is 1. The van der Waals surface area contributed by atoms with Crippen molar-refractivity contribution in [1.82, 2.24) is 15.0 Å². The average Bonchev–Trinajstić information content (AvgIpc) is 3.31. The van der Waals surface area contributed by atoms with E-state index in [0.717, 1.165) is 11.6 Å². The molecule has 1 amide bonds. The molecule has 0 fully saturated rings. The molecule has 0 saturated heterocycles. The van der Waals surface area contributed by atoms with Gasteiger partial charge in [-0.3, -0.25) is 4.90 Å². The number of nitrogens with zero attached hydrogens (tertiary/aromatic N) is 5. The van der Waals surface area contributed by atoms with E-state index in [1.807, 2.05) is 13.0 Å². The van der Waals surface area contributed by atoms with Crippen molar-refractivity contribution in [2.75, 3.05) is 43.7 Å². The predicted octanol–water partition coefficient (Wildman–Crippen LogP) is 8.23. The van der Waals surface area contributed by atoms with E-state index in [1.54, 1.807) is 32.9 Å². The maximum atomic E-state index is 13.5. The van der Waals surface area contributed by atoms with Gasteiger partial charge in [-0.1, -0.05) is 27.7 Å². The first-order chi connectivity index (χ1) is 23.1. The molecule has 1 atom stereocenters. The van der Waals surface area contributed by atoms with Crippen molar-refractivity contribution >= 4 is 31.7 Å². The molecule has 50 heavy (non-hydrogen) atoms. The van der Waals surface area contributed by atoms with Crippen molar-refractivity contribution in [3.05, 3.63) is 53.3 Å². The summed E-state index contributed by atoms with van der Waals surface area (Å²) in [5, 5.41) is 13.2. The topological polar surface area (TPSA) is 132 Å². The van der Waals surface area contributed by atoms with Crippen LogP contribution in [0.5, 0.6) is 5.88 Å². The number of methoxy groups -OCH3 is 1. The zero-order chi connectivity index (χ0) is 37.3. The normalized spacial score (nSPS) is 16.5. The lowest BCUT2D eigenvalue weighted by Gasteiger charge is -2.39. The van der Waals surface area contributed by atoms with Crippen LogP contribution in [-0.4, -0.2) is 68.4 Å². The van der Waals surface area contributed by atoms with Crippen LogP contribution in [0.15, 0.2) is 36.5 Å². The minimum Gasteiger partial charge on any atom is -0.474 e. The number of alkyl halides is 3. The molecule has 1 aliphatic rings. The molecule has 11 nitrogen and oxygen atoms in total. The largest absolute Gasteiger partial charge is 0.474 e. The number of amides is 1. The fourth-order valence-electron chi connectivity index (χ4n) is 5.01. The molecule has 3 aromatic rings. The molecule has 0 radical (unpaired) electrons. The number of ether oxygens (including phenoxy) is 3. The summed E-state index contributed by atoms with van der Waals surface area (Å²) in [5.41, 5.74) is -0.0646. The number of hydrogen-bond acceptors (Lipinski definition) is 10.